The average Bonchev–Trinajstić information content (AvgIpc) is 3.10. The third-order valence-electron chi connectivity index (χ3n) is 4.02. The van der Waals surface area contributed by atoms with Crippen molar-refractivity contribution in [1.82, 2.24) is 9.78 Å². The second-order valence-corrected chi connectivity index (χ2v) is 5.49. The fourth-order valence-corrected chi connectivity index (χ4v) is 2.88. The molecule has 1 aromatic carbocycles. The zero-order valence-electron chi connectivity index (χ0n) is 12.2. The van der Waals surface area contributed by atoms with E-state index in [1.165, 1.54) is 37.3 Å². The van der Waals surface area contributed by atoms with Gasteiger partial charge in [-0.1, -0.05) is 0 Å². The van der Waals surface area contributed by atoms with Crippen molar-refractivity contribution in [3.8, 4) is 0 Å². The number of nitrogens with zero attached hydrogens (tertiary/aromatic N) is 3. The summed E-state index contributed by atoms with van der Waals surface area (Å²) in [6, 6.07) is 11.1. The van der Waals surface area contributed by atoms with Crippen molar-refractivity contribution < 1.29 is 0 Å². The average molecular weight is 270 g/mol. The molecule has 0 bridgehead atoms. The van der Waals surface area contributed by atoms with Gasteiger partial charge in [0.1, 0.15) is 0 Å². The molecule has 1 atom stereocenters. The highest BCUT2D eigenvalue weighted by molar-refractivity contribution is 5.56. The molecule has 1 N–H and O–H groups in total. The number of anilines is 2. The maximum Gasteiger partial charge on any atom is 0.0653 e. The normalized spacial score (nSPS) is 16.4. The summed E-state index contributed by atoms with van der Waals surface area (Å²) in [6.45, 7) is 4.54. The first kappa shape index (κ1) is 13.0. The van der Waals surface area contributed by atoms with E-state index in [9.17, 15) is 0 Å². The van der Waals surface area contributed by atoms with Crippen LogP contribution in [-0.4, -0.2) is 22.9 Å². The van der Waals surface area contributed by atoms with Crippen molar-refractivity contribution in [2.45, 2.75) is 25.8 Å². The highest BCUT2D eigenvalue weighted by atomic mass is 15.3. The quantitative estimate of drug-likeness (QED) is 0.926. The summed E-state index contributed by atoms with van der Waals surface area (Å²) >= 11 is 0. The minimum absolute atomic E-state index is 0.250. The molecule has 1 aliphatic rings. The molecule has 3 rings (SSSR count). The molecule has 1 fully saturated rings. The van der Waals surface area contributed by atoms with E-state index in [1.807, 2.05) is 17.9 Å². The van der Waals surface area contributed by atoms with E-state index in [2.05, 4.69) is 52.6 Å². The van der Waals surface area contributed by atoms with Crippen LogP contribution in [0.25, 0.3) is 0 Å². The number of nitrogens with one attached hydrogen (secondary N) is 1. The van der Waals surface area contributed by atoms with Gasteiger partial charge in [0.25, 0.3) is 0 Å². The van der Waals surface area contributed by atoms with E-state index in [0.717, 1.165) is 5.69 Å². The molecule has 4 heteroatoms. The molecule has 1 aliphatic heterocycles. The number of aryl methyl sites for hydroxylation is 1. The molecule has 4 nitrogen and oxygen atoms in total. The standard InChI is InChI=1S/C16H22N4/c1-13(16-9-10-17-19(16)2)18-14-5-7-15(8-6-14)20-11-3-4-12-20/h5-10,13,18H,3-4,11-12H2,1-2H3. The zero-order valence-corrected chi connectivity index (χ0v) is 12.2. The third-order valence-corrected chi connectivity index (χ3v) is 4.02. The molecular weight excluding hydrogens is 248 g/mol. The fourth-order valence-electron chi connectivity index (χ4n) is 2.88. The molecular formula is C16H22N4. The summed E-state index contributed by atoms with van der Waals surface area (Å²) in [5.74, 6) is 0. The van der Waals surface area contributed by atoms with Crippen molar-refractivity contribution in [3.63, 3.8) is 0 Å². The Kier molecular flexibility index (Phi) is 3.63. The minimum Gasteiger partial charge on any atom is -0.377 e. The Morgan fingerprint density at radius 3 is 2.40 bits per heavy atom. The van der Waals surface area contributed by atoms with E-state index >= 15 is 0 Å². The lowest BCUT2D eigenvalue weighted by atomic mass is 10.2. The van der Waals surface area contributed by atoms with Gasteiger partial charge < -0.3 is 10.2 Å². The largest absolute Gasteiger partial charge is 0.377 e. The summed E-state index contributed by atoms with van der Waals surface area (Å²) in [4.78, 5) is 2.45. The Morgan fingerprint density at radius 2 is 1.80 bits per heavy atom. The number of rotatable bonds is 4. The zero-order chi connectivity index (χ0) is 13.9. The molecule has 1 aromatic heterocycles. The lowest BCUT2D eigenvalue weighted by Crippen LogP contribution is -2.17. The lowest BCUT2D eigenvalue weighted by molar-refractivity contribution is 0.676. The third kappa shape index (κ3) is 2.64. The van der Waals surface area contributed by atoms with E-state index in [-0.39, 0.29) is 6.04 Å². The molecule has 106 valence electrons. The number of benzene rings is 1. The van der Waals surface area contributed by atoms with Crippen molar-refractivity contribution in [2.24, 2.45) is 7.05 Å². The topological polar surface area (TPSA) is 33.1 Å². The Morgan fingerprint density at radius 1 is 1.10 bits per heavy atom. The van der Waals surface area contributed by atoms with Crippen LogP contribution in [0.3, 0.4) is 0 Å². The van der Waals surface area contributed by atoms with Crippen LogP contribution in [0, 0.1) is 0 Å². The summed E-state index contributed by atoms with van der Waals surface area (Å²) < 4.78 is 1.91. The van der Waals surface area contributed by atoms with Crippen LogP contribution in [0.5, 0.6) is 0 Å². The van der Waals surface area contributed by atoms with Gasteiger partial charge >= 0.3 is 0 Å². The van der Waals surface area contributed by atoms with Crippen molar-refractivity contribution in [3.05, 3.63) is 42.2 Å². The maximum atomic E-state index is 4.22. The predicted molar refractivity (Wildman–Crippen MR) is 83.1 cm³/mol. The smallest absolute Gasteiger partial charge is 0.0653 e. The molecule has 0 spiro atoms. The maximum absolute atomic E-state index is 4.22. The van der Waals surface area contributed by atoms with Crippen LogP contribution in [0.1, 0.15) is 31.5 Å². The van der Waals surface area contributed by atoms with E-state index in [1.54, 1.807) is 0 Å². The van der Waals surface area contributed by atoms with Gasteiger partial charge in [-0.05, 0) is 50.1 Å². The van der Waals surface area contributed by atoms with E-state index < -0.39 is 0 Å². The van der Waals surface area contributed by atoms with Crippen LogP contribution >= 0.6 is 0 Å². The van der Waals surface area contributed by atoms with Crippen LogP contribution in [0.15, 0.2) is 36.5 Å². The first-order valence-corrected chi connectivity index (χ1v) is 7.33. The van der Waals surface area contributed by atoms with Crippen molar-refractivity contribution >= 4 is 11.4 Å². The van der Waals surface area contributed by atoms with Crippen LogP contribution in [0.4, 0.5) is 11.4 Å². The molecule has 1 saturated heterocycles. The summed E-state index contributed by atoms with van der Waals surface area (Å²) in [7, 11) is 1.98. The van der Waals surface area contributed by atoms with Gasteiger partial charge in [0.05, 0.1) is 11.7 Å². The summed E-state index contributed by atoms with van der Waals surface area (Å²) in [5.41, 5.74) is 3.68. The van der Waals surface area contributed by atoms with E-state index in [4.69, 9.17) is 0 Å². The van der Waals surface area contributed by atoms with Gasteiger partial charge in [-0.3, -0.25) is 4.68 Å². The molecule has 2 aromatic rings. The van der Waals surface area contributed by atoms with Gasteiger partial charge in [0.15, 0.2) is 0 Å². The number of aromatic nitrogens is 2. The van der Waals surface area contributed by atoms with Gasteiger partial charge in [-0.2, -0.15) is 5.10 Å². The van der Waals surface area contributed by atoms with Gasteiger partial charge in [-0.25, -0.2) is 0 Å². The first-order chi connectivity index (χ1) is 9.74. The molecule has 20 heavy (non-hydrogen) atoms. The van der Waals surface area contributed by atoms with Crippen LogP contribution < -0.4 is 10.2 Å². The molecule has 2 heterocycles. The Balaban J connectivity index is 1.67. The molecule has 0 radical (unpaired) electrons. The Bertz CT molecular complexity index is 552. The minimum atomic E-state index is 0.250. The second kappa shape index (κ2) is 5.57. The van der Waals surface area contributed by atoms with Gasteiger partial charge in [-0.15, -0.1) is 0 Å². The lowest BCUT2D eigenvalue weighted by Gasteiger charge is -2.19. The summed E-state index contributed by atoms with van der Waals surface area (Å²) in [6.07, 6.45) is 4.47. The molecule has 0 aliphatic carbocycles. The van der Waals surface area contributed by atoms with Crippen LogP contribution in [-0.2, 0) is 7.05 Å². The first-order valence-electron chi connectivity index (χ1n) is 7.33. The molecule has 1 unspecified atom stereocenters. The Hall–Kier alpha value is -1.97. The van der Waals surface area contributed by atoms with E-state index in [0.29, 0.717) is 0 Å². The van der Waals surface area contributed by atoms with Crippen molar-refractivity contribution in [2.75, 3.05) is 23.3 Å². The predicted octanol–water partition coefficient (Wildman–Crippen LogP) is 3.19. The Labute approximate surface area is 120 Å². The molecule has 0 amide bonds. The van der Waals surface area contributed by atoms with Gasteiger partial charge in [0.2, 0.25) is 0 Å². The highest BCUT2D eigenvalue weighted by Gasteiger charge is 2.12. The SMILES string of the molecule is CC(Nc1ccc(N2CCCC2)cc1)c1ccnn1C. The van der Waals surface area contributed by atoms with Gasteiger partial charge in [0, 0.05) is 37.7 Å². The van der Waals surface area contributed by atoms with Crippen molar-refractivity contribution in [1.29, 1.82) is 0 Å². The molecule has 0 saturated carbocycles. The fraction of sp³-hybridized carbons (Fsp3) is 0.438. The monoisotopic (exact) mass is 270 g/mol. The second-order valence-electron chi connectivity index (χ2n) is 5.49. The van der Waals surface area contributed by atoms with Crippen LogP contribution in [0.2, 0.25) is 0 Å². The number of hydrogen-bond acceptors (Lipinski definition) is 3. The summed E-state index contributed by atoms with van der Waals surface area (Å²) in [5, 5.41) is 7.74. The number of hydrogen-bond donors (Lipinski definition) is 1. The highest BCUT2D eigenvalue weighted by Crippen LogP contribution is 2.24.